The number of hydrogen-bond donors (Lipinski definition) is 1. The van der Waals surface area contributed by atoms with E-state index >= 15 is 0 Å². The van der Waals surface area contributed by atoms with Gasteiger partial charge in [-0.3, -0.25) is 4.79 Å². The summed E-state index contributed by atoms with van der Waals surface area (Å²) in [6.07, 6.45) is 3.21. The van der Waals surface area contributed by atoms with E-state index < -0.39 is 0 Å². The molecule has 1 unspecified atom stereocenters. The summed E-state index contributed by atoms with van der Waals surface area (Å²) in [7, 11) is 0. The van der Waals surface area contributed by atoms with Gasteiger partial charge in [0.25, 0.3) is 0 Å². The van der Waals surface area contributed by atoms with Crippen LogP contribution in [0.4, 0.5) is 5.82 Å². The summed E-state index contributed by atoms with van der Waals surface area (Å²) >= 11 is 5.90. The maximum Gasteiger partial charge on any atom is 0.174 e. The van der Waals surface area contributed by atoms with Crippen molar-refractivity contribution < 1.29 is 4.79 Å². The number of nitrogens with two attached hydrogens (primary N) is 1. The number of halogens is 1. The molecule has 4 heteroatoms. The number of aromatic nitrogens is 1. The fourth-order valence-electron chi connectivity index (χ4n) is 2.66. The molecule has 2 aromatic rings. The number of Topliss-reactive ketones (excluding diaryl/α,β-unsaturated/α-hetero) is 1. The van der Waals surface area contributed by atoms with Crippen LogP contribution in [0.2, 0.25) is 5.02 Å². The zero-order valence-electron chi connectivity index (χ0n) is 10.3. The Kier molecular flexibility index (Phi) is 2.99. The first-order chi connectivity index (χ1) is 9.16. The van der Waals surface area contributed by atoms with Crippen LogP contribution < -0.4 is 5.73 Å². The molecule has 0 spiro atoms. The fraction of sp³-hybridized carbons (Fsp3) is 0.200. The Balaban J connectivity index is 2.00. The smallest absolute Gasteiger partial charge is 0.174 e. The van der Waals surface area contributed by atoms with E-state index in [1.165, 1.54) is 11.8 Å². The van der Waals surface area contributed by atoms with E-state index in [2.05, 4.69) is 11.1 Å². The third-order valence-corrected chi connectivity index (χ3v) is 3.81. The molecule has 0 bridgehead atoms. The van der Waals surface area contributed by atoms with Crippen LogP contribution in [0.25, 0.3) is 0 Å². The first-order valence-electron chi connectivity index (χ1n) is 6.20. The van der Waals surface area contributed by atoms with Gasteiger partial charge in [-0.15, -0.1) is 0 Å². The fourth-order valence-corrected chi connectivity index (χ4v) is 2.82. The molecule has 1 aromatic heterocycles. The van der Waals surface area contributed by atoms with Crippen LogP contribution in [0.5, 0.6) is 0 Å². The highest BCUT2D eigenvalue weighted by Gasteiger charge is 2.30. The lowest BCUT2D eigenvalue weighted by atomic mass is 9.92. The van der Waals surface area contributed by atoms with Gasteiger partial charge in [-0.1, -0.05) is 35.9 Å². The SMILES string of the molecule is Nc1ncc(Cl)cc1C(=O)C1CCc2ccccc21. The predicted molar refractivity (Wildman–Crippen MR) is 75.5 cm³/mol. The van der Waals surface area contributed by atoms with E-state index in [-0.39, 0.29) is 17.5 Å². The Morgan fingerprint density at radius 1 is 1.37 bits per heavy atom. The van der Waals surface area contributed by atoms with Gasteiger partial charge in [-0.2, -0.15) is 0 Å². The molecule has 1 heterocycles. The minimum absolute atomic E-state index is 0.0115. The molecule has 3 rings (SSSR count). The van der Waals surface area contributed by atoms with Crippen molar-refractivity contribution in [2.45, 2.75) is 18.8 Å². The summed E-state index contributed by atoms with van der Waals surface area (Å²) in [6, 6.07) is 9.65. The standard InChI is InChI=1S/C15H13ClN2O/c16-10-7-13(15(17)18-8-10)14(19)12-6-5-9-3-1-2-4-11(9)12/h1-4,7-8,12H,5-6H2,(H2,17,18). The van der Waals surface area contributed by atoms with Crippen LogP contribution in [0, 0.1) is 0 Å². The van der Waals surface area contributed by atoms with Crippen LogP contribution in [0.3, 0.4) is 0 Å². The lowest BCUT2D eigenvalue weighted by molar-refractivity contribution is 0.0960. The Hall–Kier alpha value is -1.87. The number of anilines is 1. The number of carbonyl (C=O) groups excluding carboxylic acids is 1. The summed E-state index contributed by atoms with van der Waals surface area (Å²) in [6.45, 7) is 0. The molecule has 96 valence electrons. The maximum absolute atomic E-state index is 12.6. The van der Waals surface area contributed by atoms with Crippen LogP contribution in [0.15, 0.2) is 36.5 Å². The van der Waals surface area contributed by atoms with Gasteiger partial charge in [-0.05, 0) is 30.0 Å². The highest BCUT2D eigenvalue weighted by atomic mass is 35.5. The average molecular weight is 273 g/mol. The average Bonchev–Trinajstić information content (AvgIpc) is 2.84. The molecular weight excluding hydrogens is 260 g/mol. The number of carbonyl (C=O) groups is 1. The van der Waals surface area contributed by atoms with E-state index in [1.54, 1.807) is 6.07 Å². The number of ketones is 1. The molecule has 3 nitrogen and oxygen atoms in total. The molecule has 0 aliphatic heterocycles. The van der Waals surface area contributed by atoms with Gasteiger partial charge >= 0.3 is 0 Å². The van der Waals surface area contributed by atoms with Crippen molar-refractivity contribution in [2.24, 2.45) is 0 Å². The van der Waals surface area contributed by atoms with Gasteiger partial charge in [0.15, 0.2) is 5.78 Å². The first-order valence-corrected chi connectivity index (χ1v) is 6.57. The van der Waals surface area contributed by atoms with Gasteiger partial charge in [0.05, 0.1) is 10.6 Å². The molecule has 1 atom stereocenters. The molecule has 0 amide bonds. The van der Waals surface area contributed by atoms with Crippen molar-refractivity contribution in [1.82, 2.24) is 4.98 Å². The summed E-state index contributed by atoms with van der Waals surface area (Å²) in [5.41, 5.74) is 8.56. The van der Waals surface area contributed by atoms with Crippen molar-refractivity contribution in [1.29, 1.82) is 0 Å². The quantitative estimate of drug-likeness (QED) is 0.854. The van der Waals surface area contributed by atoms with Gasteiger partial charge in [-0.25, -0.2) is 4.98 Å². The minimum atomic E-state index is -0.126. The van der Waals surface area contributed by atoms with Gasteiger partial charge < -0.3 is 5.73 Å². The first kappa shape index (κ1) is 12.2. The summed E-state index contributed by atoms with van der Waals surface area (Å²) < 4.78 is 0. The van der Waals surface area contributed by atoms with Gasteiger partial charge in [0.2, 0.25) is 0 Å². The number of nitrogens with zero attached hydrogens (tertiary/aromatic N) is 1. The number of nitrogen functional groups attached to an aromatic ring is 1. The molecule has 0 saturated heterocycles. The number of fused-ring (bicyclic) bond motifs is 1. The summed E-state index contributed by atoms with van der Waals surface area (Å²) in [4.78, 5) is 16.6. The third kappa shape index (κ3) is 2.10. The second-order valence-corrected chi connectivity index (χ2v) is 5.18. The van der Waals surface area contributed by atoms with E-state index in [4.69, 9.17) is 17.3 Å². The number of benzene rings is 1. The van der Waals surface area contributed by atoms with Crippen molar-refractivity contribution >= 4 is 23.2 Å². The highest BCUT2D eigenvalue weighted by molar-refractivity contribution is 6.31. The van der Waals surface area contributed by atoms with E-state index in [9.17, 15) is 4.79 Å². The molecule has 0 fully saturated rings. The Bertz CT molecular complexity index is 654. The second-order valence-electron chi connectivity index (χ2n) is 4.74. The Labute approximate surface area is 116 Å². The molecular formula is C15H13ClN2O. The normalized spacial score (nSPS) is 17.2. The highest BCUT2D eigenvalue weighted by Crippen LogP contribution is 2.36. The van der Waals surface area contributed by atoms with Crippen molar-refractivity contribution in [2.75, 3.05) is 5.73 Å². The summed E-state index contributed by atoms with van der Waals surface area (Å²) in [5, 5.41) is 0.434. The molecule has 1 aliphatic carbocycles. The van der Waals surface area contributed by atoms with Crippen molar-refractivity contribution in [3.63, 3.8) is 0 Å². The predicted octanol–water partition coefficient (Wildman–Crippen LogP) is 3.23. The molecule has 0 radical (unpaired) electrons. The number of pyridine rings is 1. The van der Waals surface area contributed by atoms with E-state index in [0.717, 1.165) is 18.4 Å². The van der Waals surface area contributed by atoms with Crippen molar-refractivity contribution in [3.05, 3.63) is 58.2 Å². The zero-order chi connectivity index (χ0) is 13.4. The van der Waals surface area contributed by atoms with Crippen LogP contribution in [-0.2, 0) is 6.42 Å². The summed E-state index contributed by atoms with van der Waals surface area (Å²) in [5.74, 6) is 0.134. The molecule has 19 heavy (non-hydrogen) atoms. The maximum atomic E-state index is 12.6. The second kappa shape index (κ2) is 4.67. The zero-order valence-corrected chi connectivity index (χ0v) is 11.0. The molecule has 2 N–H and O–H groups in total. The third-order valence-electron chi connectivity index (χ3n) is 3.60. The number of hydrogen-bond acceptors (Lipinski definition) is 3. The Morgan fingerprint density at radius 3 is 3.00 bits per heavy atom. The largest absolute Gasteiger partial charge is 0.383 e. The van der Waals surface area contributed by atoms with Crippen LogP contribution in [-0.4, -0.2) is 10.8 Å². The molecule has 1 aromatic carbocycles. The Morgan fingerprint density at radius 2 is 2.16 bits per heavy atom. The molecule has 0 saturated carbocycles. The lowest BCUT2D eigenvalue weighted by Crippen LogP contribution is -2.13. The van der Waals surface area contributed by atoms with Gasteiger partial charge in [0.1, 0.15) is 5.82 Å². The number of rotatable bonds is 2. The van der Waals surface area contributed by atoms with E-state index in [1.807, 2.05) is 18.2 Å². The topological polar surface area (TPSA) is 56.0 Å². The van der Waals surface area contributed by atoms with Crippen LogP contribution >= 0.6 is 11.6 Å². The number of aryl methyl sites for hydroxylation is 1. The monoisotopic (exact) mass is 272 g/mol. The van der Waals surface area contributed by atoms with Gasteiger partial charge in [0, 0.05) is 12.1 Å². The minimum Gasteiger partial charge on any atom is -0.383 e. The molecule has 1 aliphatic rings. The van der Waals surface area contributed by atoms with Crippen LogP contribution in [0.1, 0.15) is 33.8 Å². The lowest BCUT2D eigenvalue weighted by Gasteiger charge is -2.12. The van der Waals surface area contributed by atoms with E-state index in [0.29, 0.717) is 10.6 Å². The van der Waals surface area contributed by atoms with Crippen molar-refractivity contribution in [3.8, 4) is 0 Å².